The molecule has 3 aliphatic rings. The molecule has 0 aromatic heterocycles. The lowest BCUT2D eigenvalue weighted by atomic mass is 9.82. The Morgan fingerprint density at radius 1 is 1.22 bits per heavy atom. The molecule has 3 aliphatic heterocycles. The zero-order chi connectivity index (χ0) is 20.0. The Hall–Kier alpha value is -1.77. The van der Waals surface area contributed by atoms with E-state index in [1.807, 2.05) is 11.9 Å². The van der Waals surface area contributed by atoms with Crippen LogP contribution in [0.1, 0.15) is 33.6 Å². The van der Waals surface area contributed by atoms with Crippen LogP contribution < -0.4 is 0 Å². The van der Waals surface area contributed by atoms with Gasteiger partial charge in [-0.25, -0.2) is 9.59 Å². The summed E-state index contributed by atoms with van der Waals surface area (Å²) in [6, 6.07) is 0. The molecule has 8 heteroatoms. The minimum atomic E-state index is -1.82. The van der Waals surface area contributed by atoms with E-state index in [1.165, 1.54) is 6.92 Å². The first-order valence-corrected chi connectivity index (χ1v) is 9.28. The molecule has 0 amide bonds. The van der Waals surface area contributed by atoms with E-state index >= 15 is 0 Å². The predicted molar refractivity (Wildman–Crippen MR) is 93.7 cm³/mol. The molecule has 1 N–H and O–H groups in total. The number of carbonyl (C=O) groups excluding carboxylic acids is 3. The van der Waals surface area contributed by atoms with Gasteiger partial charge in [0.1, 0.15) is 6.61 Å². The van der Waals surface area contributed by atoms with Crippen molar-refractivity contribution in [2.45, 2.75) is 57.0 Å². The summed E-state index contributed by atoms with van der Waals surface area (Å²) in [4.78, 5) is 40.2. The molecule has 0 unspecified atom stereocenters. The third kappa shape index (κ3) is 3.66. The monoisotopic (exact) mass is 381 g/mol. The van der Waals surface area contributed by atoms with Crippen LogP contribution in [0.4, 0.5) is 0 Å². The fourth-order valence-corrected chi connectivity index (χ4v) is 3.54. The van der Waals surface area contributed by atoms with Crippen molar-refractivity contribution in [3.63, 3.8) is 0 Å². The summed E-state index contributed by atoms with van der Waals surface area (Å²) < 4.78 is 16.4. The molecule has 2 fully saturated rings. The first-order valence-electron chi connectivity index (χ1n) is 9.28. The molecule has 0 aliphatic carbocycles. The standard InChI is InChI=1S/C19H27NO7/c1-11-9-19(12(2)27-19)17(23)26-14-6-8-20(4)7-5-13(15(14)21)10-25-16(22)18(11,3)24/h5,11-12,14,24H,6-10H2,1-4H3/t11-,12-,14-,18-,19+/m1/s1. The predicted octanol–water partition coefficient (Wildman–Crippen LogP) is 0.221. The second-order valence-electron chi connectivity index (χ2n) is 8.02. The van der Waals surface area contributed by atoms with E-state index in [2.05, 4.69) is 0 Å². The van der Waals surface area contributed by atoms with Gasteiger partial charge in [0.05, 0.1) is 6.10 Å². The van der Waals surface area contributed by atoms with Gasteiger partial charge in [0.25, 0.3) is 0 Å². The number of aliphatic hydroxyl groups is 1. The Balaban J connectivity index is 1.97. The molecule has 0 saturated carbocycles. The molecule has 27 heavy (non-hydrogen) atoms. The van der Waals surface area contributed by atoms with Crippen LogP contribution in [-0.4, -0.2) is 77.9 Å². The molecular formula is C19H27NO7. The van der Waals surface area contributed by atoms with Crippen molar-refractivity contribution < 1.29 is 33.7 Å². The number of hydrogen-bond acceptors (Lipinski definition) is 8. The average molecular weight is 381 g/mol. The largest absolute Gasteiger partial charge is 0.459 e. The Labute approximate surface area is 158 Å². The van der Waals surface area contributed by atoms with Crippen molar-refractivity contribution in [2.24, 2.45) is 5.92 Å². The average Bonchev–Trinajstić information content (AvgIpc) is 3.26. The Morgan fingerprint density at radius 2 is 1.89 bits per heavy atom. The summed E-state index contributed by atoms with van der Waals surface area (Å²) in [5.41, 5.74) is -2.81. The first-order chi connectivity index (χ1) is 12.6. The number of ether oxygens (including phenoxy) is 3. The SMILES string of the molecule is C[C@@H]1C[C@@]2(O[C@@H]2C)C(=O)O[C@@H]2CCN(C)CC=C(COC(=O)[C@]1(C)O)C2=O. The van der Waals surface area contributed by atoms with E-state index in [1.54, 1.807) is 19.9 Å². The van der Waals surface area contributed by atoms with Gasteiger partial charge in [-0.15, -0.1) is 0 Å². The van der Waals surface area contributed by atoms with Gasteiger partial charge in [-0.3, -0.25) is 4.79 Å². The highest BCUT2D eigenvalue weighted by Gasteiger charge is 2.63. The van der Waals surface area contributed by atoms with Crippen molar-refractivity contribution in [2.75, 3.05) is 26.7 Å². The highest BCUT2D eigenvalue weighted by Crippen LogP contribution is 2.45. The van der Waals surface area contributed by atoms with E-state index in [9.17, 15) is 19.5 Å². The van der Waals surface area contributed by atoms with E-state index in [0.717, 1.165) is 0 Å². The summed E-state index contributed by atoms with van der Waals surface area (Å²) in [6.45, 7) is 5.57. The third-order valence-corrected chi connectivity index (χ3v) is 5.95. The van der Waals surface area contributed by atoms with Crippen LogP contribution >= 0.6 is 0 Å². The zero-order valence-corrected chi connectivity index (χ0v) is 16.2. The van der Waals surface area contributed by atoms with E-state index in [4.69, 9.17) is 14.2 Å². The molecule has 0 aromatic rings. The van der Waals surface area contributed by atoms with Crippen molar-refractivity contribution >= 4 is 17.7 Å². The number of carbonyl (C=O) groups is 3. The number of ketones is 1. The van der Waals surface area contributed by atoms with E-state index < -0.39 is 41.3 Å². The highest BCUT2D eigenvalue weighted by atomic mass is 16.7. The minimum Gasteiger partial charge on any atom is -0.459 e. The molecule has 8 nitrogen and oxygen atoms in total. The lowest BCUT2D eigenvalue weighted by molar-refractivity contribution is -0.173. The smallest absolute Gasteiger partial charge is 0.341 e. The summed E-state index contributed by atoms with van der Waals surface area (Å²) in [6.07, 6.45) is 0.756. The number of nitrogens with zero attached hydrogens (tertiary/aromatic N) is 1. The third-order valence-electron chi connectivity index (χ3n) is 5.95. The molecule has 150 valence electrons. The minimum absolute atomic E-state index is 0.0958. The van der Waals surface area contributed by atoms with Gasteiger partial charge in [0, 0.05) is 25.1 Å². The summed E-state index contributed by atoms with van der Waals surface area (Å²) in [7, 11) is 1.89. The van der Waals surface area contributed by atoms with Gasteiger partial charge in [0.15, 0.2) is 17.3 Å². The van der Waals surface area contributed by atoms with Crippen molar-refractivity contribution in [1.29, 1.82) is 0 Å². The van der Waals surface area contributed by atoms with Crippen LogP contribution in [0.2, 0.25) is 0 Å². The first kappa shape index (κ1) is 20.0. The molecule has 0 aromatic carbocycles. The number of esters is 2. The number of Topliss-reactive ketones (excluding diaryl/α,β-unsaturated/α-hetero) is 1. The molecule has 2 saturated heterocycles. The lowest BCUT2D eigenvalue weighted by Gasteiger charge is -2.32. The van der Waals surface area contributed by atoms with Crippen molar-refractivity contribution in [3.8, 4) is 0 Å². The Morgan fingerprint density at radius 3 is 2.52 bits per heavy atom. The van der Waals surface area contributed by atoms with Crippen LogP contribution in [0.5, 0.6) is 0 Å². The maximum Gasteiger partial charge on any atom is 0.341 e. The Bertz CT molecular complexity index is 686. The quantitative estimate of drug-likeness (QED) is 0.469. The summed E-state index contributed by atoms with van der Waals surface area (Å²) in [5.74, 6) is -2.43. The molecule has 5 atom stereocenters. The van der Waals surface area contributed by atoms with Crippen molar-refractivity contribution in [1.82, 2.24) is 4.90 Å². The molecule has 3 heterocycles. The topological polar surface area (TPSA) is 106 Å². The van der Waals surface area contributed by atoms with E-state index in [0.29, 0.717) is 19.5 Å². The summed E-state index contributed by atoms with van der Waals surface area (Å²) >= 11 is 0. The number of cyclic esters (lactones) is 1. The molecule has 3 rings (SSSR count). The van der Waals surface area contributed by atoms with Gasteiger partial charge < -0.3 is 24.2 Å². The van der Waals surface area contributed by atoms with Crippen LogP contribution in [0.25, 0.3) is 0 Å². The normalized spacial score (nSPS) is 41.4. The molecule has 2 bridgehead atoms. The number of hydrogen-bond donors (Lipinski definition) is 1. The van der Waals surface area contributed by atoms with Gasteiger partial charge >= 0.3 is 11.9 Å². The Kier molecular flexibility index (Phi) is 5.18. The van der Waals surface area contributed by atoms with Gasteiger partial charge in [-0.2, -0.15) is 0 Å². The number of epoxide rings is 1. The van der Waals surface area contributed by atoms with Crippen LogP contribution in [0, 0.1) is 5.92 Å². The second kappa shape index (κ2) is 7.00. The number of fused-ring (bicyclic) bond motifs is 2. The summed E-state index contributed by atoms with van der Waals surface area (Å²) in [5, 5.41) is 10.7. The highest BCUT2D eigenvalue weighted by molar-refractivity contribution is 6.01. The van der Waals surface area contributed by atoms with Gasteiger partial charge in [-0.1, -0.05) is 13.0 Å². The molecule has 1 spiro atoms. The zero-order valence-electron chi connectivity index (χ0n) is 16.2. The second-order valence-corrected chi connectivity index (χ2v) is 8.02. The fraction of sp³-hybridized carbons (Fsp3) is 0.737. The van der Waals surface area contributed by atoms with Gasteiger partial charge in [-0.05, 0) is 33.2 Å². The maximum atomic E-state index is 12.9. The van der Waals surface area contributed by atoms with Crippen LogP contribution in [0.15, 0.2) is 11.6 Å². The van der Waals surface area contributed by atoms with E-state index in [-0.39, 0.29) is 24.4 Å². The fourth-order valence-electron chi connectivity index (χ4n) is 3.54. The van der Waals surface area contributed by atoms with Gasteiger partial charge in [0.2, 0.25) is 5.78 Å². The number of rotatable bonds is 0. The maximum absolute atomic E-state index is 12.9. The van der Waals surface area contributed by atoms with Crippen molar-refractivity contribution in [3.05, 3.63) is 11.6 Å². The van der Waals surface area contributed by atoms with Crippen LogP contribution in [0.3, 0.4) is 0 Å². The number of likely N-dealkylation sites (N-methyl/N-ethyl adjacent to an activating group) is 1. The lowest BCUT2D eigenvalue weighted by Crippen LogP contribution is -2.48. The molecule has 0 radical (unpaired) electrons. The molecular weight excluding hydrogens is 354 g/mol. The van der Waals surface area contributed by atoms with Crippen LogP contribution in [-0.2, 0) is 28.6 Å².